The molecule has 8 amide bonds. The summed E-state index contributed by atoms with van der Waals surface area (Å²) >= 11 is 0. The SMILES string of the molecule is CC[C@H]1O[C@@H](OCCOCCOCCOCC(=O)NCCCC[C@H](NC(=O)COCCOCCOCCO[C@@H]2O[C@H](CC)[C@H](C)[C@H](C)[C@H]2NC(C)=O)C(=O)N[C@H](CCCCNC(=O)COCCOCCOCCO[C@@H]2O[C@H](CC)[C@H](C)[C@H](C)[C@H]2NC(C)=O)C(=O)NCCCCCCO)[C@H](NC(C)=O)[C@H](C)[C@H]1C. The Morgan fingerprint density at radius 3 is 0.953 bits per heavy atom. The maximum absolute atomic E-state index is 14.2. The molecule has 17 atom stereocenters. The van der Waals surface area contributed by atoms with Gasteiger partial charge in [0.15, 0.2) is 18.9 Å². The smallest absolute Gasteiger partial charge is 0.246 e. The lowest BCUT2D eigenvalue weighted by molar-refractivity contribution is -0.239. The van der Waals surface area contributed by atoms with Crippen molar-refractivity contribution in [2.45, 2.75) is 234 Å². The maximum Gasteiger partial charge on any atom is 0.246 e. The Morgan fingerprint density at radius 2 is 0.626 bits per heavy atom. The highest BCUT2D eigenvalue weighted by molar-refractivity contribution is 5.92. The summed E-state index contributed by atoms with van der Waals surface area (Å²) in [5.74, 6) is -1.44. The molecule has 0 aromatic carbocycles. The number of aliphatic hydroxyl groups is 1. The van der Waals surface area contributed by atoms with Crippen LogP contribution < -0.4 is 42.5 Å². The average molecular weight is 1540 g/mol. The van der Waals surface area contributed by atoms with Crippen LogP contribution in [0.25, 0.3) is 0 Å². The van der Waals surface area contributed by atoms with Crippen molar-refractivity contribution >= 4 is 47.3 Å². The number of aliphatic hydroxyl groups excluding tert-OH is 1. The van der Waals surface area contributed by atoms with E-state index in [1.165, 1.54) is 20.8 Å². The molecule has 0 radical (unpaired) electrons. The number of rotatable bonds is 62. The van der Waals surface area contributed by atoms with Gasteiger partial charge in [-0.2, -0.15) is 0 Å². The molecule has 0 aliphatic carbocycles. The van der Waals surface area contributed by atoms with Gasteiger partial charge in [0.1, 0.15) is 31.9 Å². The number of carbonyl (C=O) groups excluding carboxylic acids is 8. The summed E-state index contributed by atoms with van der Waals surface area (Å²) in [4.78, 5) is 103. The van der Waals surface area contributed by atoms with E-state index in [4.69, 9.17) is 71.1 Å². The zero-order valence-corrected chi connectivity index (χ0v) is 66.5. The van der Waals surface area contributed by atoms with Gasteiger partial charge >= 0.3 is 0 Å². The molecule has 32 nitrogen and oxygen atoms in total. The minimum absolute atomic E-state index is 0.00826. The second-order valence-electron chi connectivity index (χ2n) is 27.9. The van der Waals surface area contributed by atoms with Crippen molar-refractivity contribution < 1.29 is 115 Å². The van der Waals surface area contributed by atoms with Gasteiger partial charge in [-0.1, -0.05) is 75.2 Å². The first-order chi connectivity index (χ1) is 51.6. The minimum atomic E-state index is -1.09. The molecule has 0 saturated carbocycles. The first kappa shape index (κ1) is 96.3. The number of hydrogen-bond acceptors (Lipinski definition) is 24. The zero-order chi connectivity index (χ0) is 78.6. The largest absolute Gasteiger partial charge is 0.396 e. The van der Waals surface area contributed by atoms with E-state index in [-0.39, 0.29) is 233 Å². The van der Waals surface area contributed by atoms with Crippen LogP contribution in [0.4, 0.5) is 0 Å². The topological polar surface area (TPSA) is 391 Å². The number of unbranched alkanes of at least 4 members (excludes halogenated alkanes) is 5. The molecule has 32 heteroatoms. The summed E-state index contributed by atoms with van der Waals surface area (Å²) < 4.78 is 87.2. The number of carbonyl (C=O) groups is 8. The molecule has 3 aliphatic heterocycles. The van der Waals surface area contributed by atoms with Crippen molar-refractivity contribution in [2.75, 3.05) is 165 Å². The lowest BCUT2D eigenvalue weighted by atomic mass is 9.81. The molecule has 0 aromatic rings. The van der Waals surface area contributed by atoms with E-state index in [1.54, 1.807) is 0 Å². The molecule has 3 aliphatic rings. The Bertz CT molecular complexity index is 2430. The lowest BCUT2D eigenvalue weighted by Crippen LogP contribution is -2.57. The van der Waals surface area contributed by atoms with Crippen LogP contribution in [0.15, 0.2) is 0 Å². The molecule has 3 saturated heterocycles. The van der Waals surface area contributed by atoms with Crippen LogP contribution in [0.1, 0.15) is 167 Å². The Balaban J connectivity index is 1.44. The number of nitrogens with one attached hydrogen (secondary N) is 8. The van der Waals surface area contributed by atoms with E-state index in [2.05, 4.69) is 105 Å². The molecular weight excluding hydrogens is 1400 g/mol. The highest BCUT2D eigenvalue weighted by Gasteiger charge is 2.44. The predicted octanol–water partition coefficient (Wildman–Crippen LogP) is 3.13. The Hall–Kier alpha value is -4.88. The van der Waals surface area contributed by atoms with E-state index in [0.717, 1.165) is 32.1 Å². The maximum atomic E-state index is 14.2. The van der Waals surface area contributed by atoms with Crippen LogP contribution in [-0.2, 0) is 109 Å². The van der Waals surface area contributed by atoms with Gasteiger partial charge in [0.25, 0.3) is 0 Å². The van der Waals surface area contributed by atoms with Crippen LogP contribution in [0.2, 0.25) is 0 Å². The van der Waals surface area contributed by atoms with Crippen LogP contribution in [0, 0.1) is 35.5 Å². The van der Waals surface area contributed by atoms with Crippen molar-refractivity contribution in [3.63, 3.8) is 0 Å². The van der Waals surface area contributed by atoms with E-state index >= 15 is 0 Å². The summed E-state index contributed by atoms with van der Waals surface area (Å²) in [6.45, 7) is 27.9. The highest BCUT2D eigenvalue weighted by atomic mass is 16.7. The third kappa shape index (κ3) is 41.3. The predicted molar refractivity (Wildman–Crippen MR) is 396 cm³/mol. The molecule has 3 heterocycles. The second kappa shape index (κ2) is 59.0. The number of ether oxygens (including phenoxy) is 15. The van der Waals surface area contributed by atoms with E-state index in [9.17, 15) is 43.5 Å². The summed E-state index contributed by atoms with van der Waals surface area (Å²) in [5, 5.41) is 32.4. The fourth-order valence-corrected chi connectivity index (χ4v) is 13.0. The molecule has 0 bridgehead atoms. The van der Waals surface area contributed by atoms with E-state index < -0.39 is 48.7 Å². The second-order valence-corrected chi connectivity index (χ2v) is 27.9. The van der Waals surface area contributed by atoms with Gasteiger partial charge in [-0.3, -0.25) is 38.4 Å². The third-order valence-corrected chi connectivity index (χ3v) is 19.7. The third-order valence-electron chi connectivity index (χ3n) is 19.7. The highest BCUT2D eigenvalue weighted by Crippen LogP contribution is 2.35. The fraction of sp³-hybridized carbons (Fsp3) is 0.893. The molecule has 0 spiro atoms. The summed E-state index contributed by atoms with van der Waals surface area (Å²) in [5.41, 5.74) is 0. The van der Waals surface area contributed by atoms with Gasteiger partial charge in [-0.15, -0.1) is 0 Å². The first-order valence-electron chi connectivity index (χ1n) is 39.4. The van der Waals surface area contributed by atoms with Gasteiger partial charge in [0.2, 0.25) is 47.3 Å². The standard InChI is InChI=1S/C75H138N8O24/c1-13-62-51(4)54(7)68(79-57(10)85)73(105-62)102-45-42-96-33-30-93-36-39-99-48-65(88)76-26-21-18-24-60(71(91)78-28-20-16-17-23-29-84)83-72(92)61(82-67(90)50-101-41-38-95-32-35-98-44-47-104-75-70(81-59(12)87)56(9)53(6)64(15-3)107-75)25-19-22-27-77-66(89)49-100-40-37-94-31-34-97-43-46-103-74-69(80-58(11)86)55(8)52(5)63(14-2)106-74/h51-56,60-64,68-70,73-75,84H,13-50H2,1-12H3,(H,76,88)(H,77,89)(H,78,91)(H,79,85)(H,80,86)(H,81,87)(H,82,90)(H,83,92)/t51-,52-,53-,54+,55-,56+,60-,61+,62-,63-,64-,68-,69-,70-,73-,74-,75-/m1/s1. The number of hydrogen-bond donors (Lipinski definition) is 9. The monoisotopic (exact) mass is 1530 g/mol. The summed E-state index contributed by atoms with van der Waals surface area (Å²) in [6.07, 6.45) is 5.80. The molecule has 0 unspecified atom stereocenters. The van der Waals surface area contributed by atoms with E-state index in [0.29, 0.717) is 84.7 Å². The van der Waals surface area contributed by atoms with Crippen LogP contribution >= 0.6 is 0 Å². The molecule has 0 aromatic heterocycles. The van der Waals surface area contributed by atoms with Crippen molar-refractivity contribution in [3.05, 3.63) is 0 Å². The first-order valence-corrected chi connectivity index (χ1v) is 39.4. The zero-order valence-electron chi connectivity index (χ0n) is 66.5. The molecule has 3 fully saturated rings. The number of amides is 8. The van der Waals surface area contributed by atoms with Gasteiger partial charge in [0, 0.05) is 47.0 Å². The summed E-state index contributed by atoms with van der Waals surface area (Å²) in [6, 6.07) is -2.90. The molecule has 622 valence electrons. The fourth-order valence-electron chi connectivity index (χ4n) is 13.0. The van der Waals surface area contributed by atoms with Crippen LogP contribution in [0.5, 0.6) is 0 Å². The van der Waals surface area contributed by atoms with Gasteiger partial charge in [-0.05, 0) is 106 Å². The Morgan fingerprint density at radius 1 is 0.336 bits per heavy atom. The quantitative estimate of drug-likeness (QED) is 0.0395. The van der Waals surface area contributed by atoms with Gasteiger partial charge < -0.3 is 119 Å². The van der Waals surface area contributed by atoms with Gasteiger partial charge in [0.05, 0.1) is 155 Å². The van der Waals surface area contributed by atoms with Crippen LogP contribution in [0.3, 0.4) is 0 Å². The normalized spacial score (nSPS) is 24.9. The van der Waals surface area contributed by atoms with Crippen molar-refractivity contribution in [2.24, 2.45) is 35.5 Å². The molecule has 107 heavy (non-hydrogen) atoms. The summed E-state index contributed by atoms with van der Waals surface area (Å²) in [7, 11) is 0. The Kier molecular flexibility index (Phi) is 53.1. The van der Waals surface area contributed by atoms with E-state index in [1.807, 2.05) is 0 Å². The Labute approximate surface area is 636 Å². The average Bonchev–Trinajstić information content (AvgIpc) is 0.822. The minimum Gasteiger partial charge on any atom is -0.396 e. The van der Waals surface area contributed by atoms with Crippen molar-refractivity contribution in [3.8, 4) is 0 Å². The van der Waals surface area contributed by atoms with Gasteiger partial charge in [-0.25, -0.2) is 0 Å². The van der Waals surface area contributed by atoms with Crippen molar-refractivity contribution in [1.82, 2.24) is 42.5 Å². The van der Waals surface area contributed by atoms with Crippen LogP contribution in [-0.4, -0.2) is 285 Å². The molecular formula is C75H138N8O24. The molecule has 9 N–H and O–H groups in total. The molecule has 3 rings (SSSR count). The van der Waals surface area contributed by atoms with Crippen molar-refractivity contribution in [1.29, 1.82) is 0 Å². The lowest BCUT2D eigenvalue weighted by Gasteiger charge is -2.44.